The van der Waals surface area contributed by atoms with Crippen LogP contribution in [0.15, 0.2) is 0 Å². The Balaban J connectivity index is 3.17. The minimum absolute atomic E-state index is 0.220. The molecule has 0 aromatic carbocycles. The Morgan fingerprint density at radius 2 is 2.25 bits per heavy atom. The molecule has 0 aliphatic rings. The van der Waals surface area contributed by atoms with Crippen molar-refractivity contribution in [3.05, 3.63) is 0 Å². The molecule has 0 saturated carbocycles. The third-order valence-electron chi connectivity index (χ3n) is 1.61. The summed E-state index contributed by atoms with van der Waals surface area (Å²) in [6.45, 7) is 5.46. The highest BCUT2D eigenvalue weighted by Crippen LogP contribution is 1.98. The van der Waals surface area contributed by atoms with Gasteiger partial charge >= 0.3 is 0 Å². The van der Waals surface area contributed by atoms with Crippen LogP contribution in [0.1, 0.15) is 33.1 Å². The van der Waals surface area contributed by atoms with Crippen molar-refractivity contribution in [1.29, 1.82) is 0 Å². The van der Waals surface area contributed by atoms with Gasteiger partial charge in [0.05, 0.1) is 0 Å². The van der Waals surface area contributed by atoms with Crippen molar-refractivity contribution in [3.63, 3.8) is 0 Å². The van der Waals surface area contributed by atoms with E-state index in [1.165, 1.54) is 0 Å². The summed E-state index contributed by atoms with van der Waals surface area (Å²) in [5.74, 6) is 5.81. The van der Waals surface area contributed by atoms with Crippen LogP contribution in [0.3, 0.4) is 0 Å². The highest BCUT2D eigenvalue weighted by Gasteiger charge is 1.98. The lowest BCUT2D eigenvalue weighted by molar-refractivity contribution is 0.142. The minimum atomic E-state index is 0.220. The second-order valence-electron chi connectivity index (χ2n) is 2.73. The van der Waals surface area contributed by atoms with Gasteiger partial charge in [-0.15, -0.1) is 11.8 Å². The van der Waals surface area contributed by atoms with Gasteiger partial charge in [-0.1, -0.05) is 0 Å². The van der Waals surface area contributed by atoms with Crippen LogP contribution in [0.25, 0.3) is 0 Å². The Morgan fingerprint density at radius 3 is 2.83 bits per heavy atom. The zero-order chi connectivity index (χ0) is 9.23. The molecule has 0 aliphatic carbocycles. The molecule has 2 heteroatoms. The molecule has 1 atom stereocenters. The van der Waals surface area contributed by atoms with Gasteiger partial charge in [0.25, 0.3) is 0 Å². The topological polar surface area (TPSA) is 35.2 Å². The standard InChI is InChI=1S/C10H19NO/c1-3-5-7-10(11)8-6-9-12-4-2/h10H,4,6-9,11H2,1-2H3. The molecule has 0 aromatic rings. The summed E-state index contributed by atoms with van der Waals surface area (Å²) in [6, 6.07) is 0.220. The van der Waals surface area contributed by atoms with Crippen LogP contribution >= 0.6 is 0 Å². The van der Waals surface area contributed by atoms with Crippen molar-refractivity contribution in [3.8, 4) is 11.8 Å². The lowest BCUT2D eigenvalue weighted by atomic mass is 10.1. The Bertz CT molecular complexity index is 146. The van der Waals surface area contributed by atoms with Crippen molar-refractivity contribution in [2.75, 3.05) is 13.2 Å². The minimum Gasteiger partial charge on any atom is -0.382 e. The van der Waals surface area contributed by atoms with Crippen LogP contribution in [-0.4, -0.2) is 19.3 Å². The molecule has 0 fully saturated rings. The maximum Gasteiger partial charge on any atom is 0.0466 e. The van der Waals surface area contributed by atoms with Gasteiger partial charge in [-0.2, -0.15) is 0 Å². The number of ether oxygens (including phenoxy) is 1. The van der Waals surface area contributed by atoms with Crippen LogP contribution in [0.5, 0.6) is 0 Å². The molecular formula is C10H19NO. The first-order valence-corrected chi connectivity index (χ1v) is 4.54. The van der Waals surface area contributed by atoms with Crippen molar-refractivity contribution >= 4 is 0 Å². The Morgan fingerprint density at radius 1 is 1.50 bits per heavy atom. The van der Waals surface area contributed by atoms with Gasteiger partial charge < -0.3 is 10.5 Å². The molecule has 70 valence electrons. The van der Waals surface area contributed by atoms with Gasteiger partial charge in [-0.25, -0.2) is 0 Å². The van der Waals surface area contributed by atoms with Crippen molar-refractivity contribution < 1.29 is 4.74 Å². The number of nitrogens with two attached hydrogens (primary N) is 1. The van der Waals surface area contributed by atoms with Crippen molar-refractivity contribution in [2.24, 2.45) is 5.73 Å². The Hall–Kier alpha value is -0.520. The van der Waals surface area contributed by atoms with E-state index in [1.807, 2.05) is 13.8 Å². The second kappa shape index (κ2) is 8.58. The van der Waals surface area contributed by atoms with E-state index in [2.05, 4.69) is 11.8 Å². The third-order valence-corrected chi connectivity index (χ3v) is 1.61. The average Bonchev–Trinajstić information content (AvgIpc) is 2.09. The fourth-order valence-corrected chi connectivity index (χ4v) is 0.927. The predicted molar refractivity (Wildman–Crippen MR) is 51.8 cm³/mol. The van der Waals surface area contributed by atoms with E-state index in [4.69, 9.17) is 10.5 Å². The molecule has 12 heavy (non-hydrogen) atoms. The van der Waals surface area contributed by atoms with E-state index < -0.39 is 0 Å². The molecule has 0 aliphatic heterocycles. The quantitative estimate of drug-likeness (QED) is 0.483. The molecule has 0 saturated heterocycles. The molecular weight excluding hydrogens is 150 g/mol. The first-order chi connectivity index (χ1) is 5.81. The van der Waals surface area contributed by atoms with E-state index >= 15 is 0 Å². The van der Waals surface area contributed by atoms with E-state index in [0.717, 1.165) is 32.5 Å². The van der Waals surface area contributed by atoms with Crippen LogP contribution in [0, 0.1) is 11.8 Å². The first kappa shape index (κ1) is 11.5. The van der Waals surface area contributed by atoms with Crippen LogP contribution in [0.2, 0.25) is 0 Å². The Kier molecular flexibility index (Phi) is 8.20. The van der Waals surface area contributed by atoms with Crippen molar-refractivity contribution in [2.45, 2.75) is 39.2 Å². The molecule has 0 bridgehead atoms. The monoisotopic (exact) mass is 169 g/mol. The first-order valence-electron chi connectivity index (χ1n) is 4.54. The number of hydrogen-bond acceptors (Lipinski definition) is 2. The summed E-state index contributed by atoms with van der Waals surface area (Å²) in [7, 11) is 0. The zero-order valence-corrected chi connectivity index (χ0v) is 8.10. The number of rotatable bonds is 6. The largest absolute Gasteiger partial charge is 0.382 e. The molecule has 0 rings (SSSR count). The van der Waals surface area contributed by atoms with Gasteiger partial charge in [0.1, 0.15) is 0 Å². The van der Waals surface area contributed by atoms with Gasteiger partial charge in [0.2, 0.25) is 0 Å². The molecule has 0 radical (unpaired) electrons. The summed E-state index contributed by atoms with van der Waals surface area (Å²) in [6.07, 6.45) is 2.86. The molecule has 2 nitrogen and oxygen atoms in total. The molecule has 1 unspecified atom stereocenters. The van der Waals surface area contributed by atoms with E-state index in [0.29, 0.717) is 0 Å². The molecule has 0 heterocycles. The van der Waals surface area contributed by atoms with Gasteiger partial charge in [-0.05, 0) is 26.7 Å². The fourth-order valence-electron chi connectivity index (χ4n) is 0.927. The van der Waals surface area contributed by atoms with Gasteiger partial charge in [-0.3, -0.25) is 0 Å². The number of hydrogen-bond donors (Lipinski definition) is 1. The fraction of sp³-hybridized carbons (Fsp3) is 0.800. The summed E-state index contributed by atoms with van der Waals surface area (Å²) >= 11 is 0. The van der Waals surface area contributed by atoms with E-state index in [9.17, 15) is 0 Å². The molecule has 0 spiro atoms. The van der Waals surface area contributed by atoms with E-state index in [1.54, 1.807) is 0 Å². The lowest BCUT2D eigenvalue weighted by Crippen LogP contribution is -2.19. The maximum atomic E-state index is 5.78. The highest BCUT2D eigenvalue weighted by atomic mass is 16.5. The average molecular weight is 169 g/mol. The summed E-state index contributed by atoms with van der Waals surface area (Å²) in [4.78, 5) is 0. The third kappa shape index (κ3) is 7.59. The zero-order valence-electron chi connectivity index (χ0n) is 8.10. The summed E-state index contributed by atoms with van der Waals surface area (Å²) in [5, 5.41) is 0. The molecule has 0 amide bonds. The SMILES string of the molecule is CC#CCC(N)CCCOCC. The van der Waals surface area contributed by atoms with Gasteiger partial charge in [0.15, 0.2) is 0 Å². The van der Waals surface area contributed by atoms with Crippen LogP contribution in [0.4, 0.5) is 0 Å². The molecule has 2 N–H and O–H groups in total. The summed E-state index contributed by atoms with van der Waals surface area (Å²) < 4.78 is 5.20. The highest BCUT2D eigenvalue weighted by molar-refractivity contribution is 4.97. The van der Waals surface area contributed by atoms with Crippen molar-refractivity contribution in [1.82, 2.24) is 0 Å². The van der Waals surface area contributed by atoms with E-state index in [-0.39, 0.29) is 6.04 Å². The predicted octanol–water partition coefficient (Wildman–Crippen LogP) is 1.54. The molecule has 0 aromatic heterocycles. The smallest absolute Gasteiger partial charge is 0.0466 e. The normalized spacial score (nSPS) is 11.9. The maximum absolute atomic E-state index is 5.78. The summed E-state index contributed by atoms with van der Waals surface area (Å²) in [5.41, 5.74) is 5.78. The van der Waals surface area contributed by atoms with Crippen LogP contribution in [-0.2, 0) is 4.74 Å². The second-order valence-corrected chi connectivity index (χ2v) is 2.73. The Labute approximate surface area is 75.5 Å². The lowest BCUT2D eigenvalue weighted by Gasteiger charge is -2.06. The van der Waals surface area contributed by atoms with Gasteiger partial charge in [0, 0.05) is 25.7 Å². The van der Waals surface area contributed by atoms with Crippen LogP contribution < -0.4 is 5.73 Å².